The Bertz CT molecular complexity index is 542. The molecule has 1 aromatic heterocycles. The van der Waals surface area contributed by atoms with Crippen LogP contribution >= 0.6 is 0 Å². The van der Waals surface area contributed by atoms with Crippen LogP contribution in [0.15, 0.2) is 18.3 Å². The summed E-state index contributed by atoms with van der Waals surface area (Å²) in [7, 11) is 1.55. The first-order valence-corrected chi connectivity index (χ1v) is 6.74. The van der Waals surface area contributed by atoms with Crippen molar-refractivity contribution >= 4 is 11.8 Å². The van der Waals surface area contributed by atoms with Crippen molar-refractivity contribution in [3.05, 3.63) is 23.9 Å². The van der Waals surface area contributed by atoms with Crippen LogP contribution in [0.4, 0.5) is 0 Å². The quantitative estimate of drug-likeness (QED) is 0.859. The van der Waals surface area contributed by atoms with Crippen LogP contribution in [0.3, 0.4) is 0 Å². The van der Waals surface area contributed by atoms with Gasteiger partial charge in [-0.25, -0.2) is 4.98 Å². The van der Waals surface area contributed by atoms with Crippen molar-refractivity contribution in [2.75, 3.05) is 13.7 Å². The highest BCUT2D eigenvalue weighted by Crippen LogP contribution is 2.34. The Hall–Kier alpha value is -2.11. The van der Waals surface area contributed by atoms with Crippen LogP contribution < -0.4 is 10.1 Å². The molecule has 1 atom stereocenters. The lowest BCUT2D eigenvalue weighted by Gasteiger charge is -2.32. The number of hydrogen-bond acceptors (Lipinski definition) is 4. The van der Waals surface area contributed by atoms with Crippen LogP contribution in [0.2, 0.25) is 0 Å². The molecule has 1 aromatic rings. The molecule has 1 N–H and O–H groups in total. The molecule has 106 valence electrons. The van der Waals surface area contributed by atoms with E-state index in [0.717, 1.165) is 18.4 Å². The van der Waals surface area contributed by atoms with E-state index in [0.29, 0.717) is 18.3 Å². The van der Waals surface area contributed by atoms with Crippen molar-refractivity contribution in [2.45, 2.75) is 25.4 Å². The summed E-state index contributed by atoms with van der Waals surface area (Å²) < 4.78 is 5.07. The smallest absolute Gasteiger partial charge is 0.246 e. The standard InChI is InChI=1S/C14H17N3O3/c1-20-12-6-9(4-5-15-12)7-17-8-11(18)16-13(14(17)19)10-2-3-10/h4-6,10,13H,2-3,7-8H2,1H3,(H,16,18). The maximum atomic E-state index is 12.4. The number of ether oxygens (including phenoxy) is 1. The molecule has 1 saturated heterocycles. The van der Waals surface area contributed by atoms with Crippen molar-refractivity contribution in [3.63, 3.8) is 0 Å². The lowest BCUT2D eigenvalue weighted by molar-refractivity contribution is -0.145. The molecule has 0 radical (unpaired) electrons. The average molecular weight is 275 g/mol. The van der Waals surface area contributed by atoms with Crippen molar-refractivity contribution in [3.8, 4) is 5.88 Å². The van der Waals surface area contributed by atoms with Gasteiger partial charge in [-0.2, -0.15) is 0 Å². The number of carbonyl (C=O) groups excluding carboxylic acids is 2. The van der Waals surface area contributed by atoms with Gasteiger partial charge in [0.25, 0.3) is 0 Å². The number of rotatable bonds is 4. The van der Waals surface area contributed by atoms with Crippen LogP contribution in [0.1, 0.15) is 18.4 Å². The van der Waals surface area contributed by atoms with E-state index >= 15 is 0 Å². The van der Waals surface area contributed by atoms with E-state index < -0.39 is 0 Å². The van der Waals surface area contributed by atoms with E-state index in [4.69, 9.17) is 4.74 Å². The van der Waals surface area contributed by atoms with Crippen LogP contribution in [-0.4, -0.2) is 41.4 Å². The summed E-state index contributed by atoms with van der Waals surface area (Å²) in [6, 6.07) is 3.28. The molecular weight excluding hydrogens is 258 g/mol. The zero-order valence-corrected chi connectivity index (χ0v) is 11.3. The van der Waals surface area contributed by atoms with Crippen LogP contribution in [0.25, 0.3) is 0 Å². The lowest BCUT2D eigenvalue weighted by atomic mass is 10.1. The van der Waals surface area contributed by atoms with E-state index in [1.165, 1.54) is 0 Å². The van der Waals surface area contributed by atoms with Crippen molar-refractivity contribution in [1.29, 1.82) is 0 Å². The molecule has 0 aromatic carbocycles. The highest BCUT2D eigenvalue weighted by atomic mass is 16.5. The minimum Gasteiger partial charge on any atom is -0.481 e. The maximum absolute atomic E-state index is 12.4. The van der Waals surface area contributed by atoms with Crippen LogP contribution in [-0.2, 0) is 16.1 Å². The molecule has 1 aliphatic carbocycles. The van der Waals surface area contributed by atoms with Crippen LogP contribution in [0.5, 0.6) is 5.88 Å². The summed E-state index contributed by atoms with van der Waals surface area (Å²) >= 11 is 0. The highest BCUT2D eigenvalue weighted by molar-refractivity contribution is 5.95. The molecule has 1 unspecified atom stereocenters. The Morgan fingerprint density at radius 2 is 2.25 bits per heavy atom. The van der Waals surface area contributed by atoms with Gasteiger partial charge >= 0.3 is 0 Å². The van der Waals surface area contributed by atoms with Crippen molar-refractivity contribution in [1.82, 2.24) is 15.2 Å². The van der Waals surface area contributed by atoms with Gasteiger partial charge in [-0.15, -0.1) is 0 Å². The first-order valence-electron chi connectivity index (χ1n) is 6.74. The number of hydrogen-bond donors (Lipinski definition) is 1. The monoisotopic (exact) mass is 275 g/mol. The number of carbonyl (C=O) groups is 2. The molecule has 2 amide bonds. The van der Waals surface area contributed by atoms with Gasteiger partial charge in [0.2, 0.25) is 17.7 Å². The van der Waals surface area contributed by atoms with Gasteiger partial charge in [-0.3, -0.25) is 9.59 Å². The second-order valence-electron chi connectivity index (χ2n) is 5.28. The first kappa shape index (κ1) is 12.9. The molecule has 0 bridgehead atoms. The van der Waals surface area contributed by atoms with E-state index in [1.807, 2.05) is 6.07 Å². The summed E-state index contributed by atoms with van der Waals surface area (Å²) in [5.74, 6) is 0.766. The summed E-state index contributed by atoms with van der Waals surface area (Å²) in [6.07, 6.45) is 3.68. The number of nitrogens with one attached hydrogen (secondary N) is 1. The molecule has 2 fully saturated rings. The second kappa shape index (κ2) is 5.11. The number of pyridine rings is 1. The summed E-state index contributed by atoms with van der Waals surface area (Å²) in [4.78, 5) is 29.7. The Balaban J connectivity index is 1.74. The number of nitrogens with zero attached hydrogens (tertiary/aromatic N) is 2. The number of methoxy groups -OCH3 is 1. The van der Waals surface area contributed by atoms with E-state index in [1.54, 1.807) is 24.3 Å². The minimum atomic E-state index is -0.333. The fraction of sp³-hybridized carbons (Fsp3) is 0.500. The molecule has 20 heavy (non-hydrogen) atoms. The number of amides is 2. The van der Waals surface area contributed by atoms with Gasteiger partial charge in [0, 0.05) is 18.8 Å². The fourth-order valence-electron chi connectivity index (χ4n) is 2.49. The Morgan fingerprint density at radius 3 is 2.95 bits per heavy atom. The summed E-state index contributed by atoms with van der Waals surface area (Å²) in [6.45, 7) is 0.529. The lowest BCUT2D eigenvalue weighted by Crippen LogP contribution is -2.58. The third kappa shape index (κ3) is 2.59. The van der Waals surface area contributed by atoms with Gasteiger partial charge in [-0.05, 0) is 30.4 Å². The number of piperazine rings is 1. The van der Waals surface area contributed by atoms with Crippen molar-refractivity contribution < 1.29 is 14.3 Å². The molecule has 3 rings (SSSR count). The molecular formula is C14H17N3O3. The fourth-order valence-corrected chi connectivity index (χ4v) is 2.49. The topological polar surface area (TPSA) is 71.5 Å². The molecule has 1 aliphatic heterocycles. The predicted molar refractivity (Wildman–Crippen MR) is 70.9 cm³/mol. The highest BCUT2D eigenvalue weighted by Gasteiger charge is 2.42. The number of aromatic nitrogens is 1. The molecule has 2 aliphatic rings. The van der Waals surface area contributed by atoms with E-state index in [-0.39, 0.29) is 24.4 Å². The molecule has 2 heterocycles. The Morgan fingerprint density at radius 1 is 1.45 bits per heavy atom. The van der Waals surface area contributed by atoms with Gasteiger partial charge < -0.3 is 15.0 Å². The SMILES string of the molecule is COc1cc(CN2CC(=O)NC(C3CC3)C2=O)ccn1. The maximum Gasteiger partial charge on any atom is 0.246 e. The zero-order valence-electron chi connectivity index (χ0n) is 11.3. The van der Waals surface area contributed by atoms with Gasteiger partial charge in [-0.1, -0.05) is 0 Å². The summed E-state index contributed by atoms with van der Waals surface area (Å²) in [5.41, 5.74) is 0.912. The minimum absolute atomic E-state index is 0.0166. The molecule has 0 spiro atoms. The first-order chi connectivity index (χ1) is 9.67. The molecule has 1 saturated carbocycles. The normalized spacial score (nSPS) is 22.6. The molecule has 6 nitrogen and oxygen atoms in total. The van der Waals surface area contributed by atoms with E-state index in [2.05, 4.69) is 10.3 Å². The van der Waals surface area contributed by atoms with E-state index in [9.17, 15) is 9.59 Å². The third-order valence-corrected chi connectivity index (χ3v) is 3.70. The second-order valence-corrected chi connectivity index (χ2v) is 5.28. The predicted octanol–water partition coefficient (Wildman–Crippen LogP) is 0.327. The average Bonchev–Trinajstić information content (AvgIpc) is 3.27. The van der Waals surface area contributed by atoms with Crippen molar-refractivity contribution in [2.24, 2.45) is 5.92 Å². The Labute approximate surface area is 117 Å². The van der Waals surface area contributed by atoms with Gasteiger partial charge in [0.15, 0.2) is 0 Å². The van der Waals surface area contributed by atoms with Gasteiger partial charge in [0.05, 0.1) is 13.7 Å². The Kier molecular flexibility index (Phi) is 3.30. The summed E-state index contributed by atoms with van der Waals surface area (Å²) in [5, 5.41) is 2.80. The van der Waals surface area contributed by atoms with Gasteiger partial charge in [0.1, 0.15) is 6.04 Å². The largest absolute Gasteiger partial charge is 0.481 e. The van der Waals surface area contributed by atoms with Crippen LogP contribution in [0, 0.1) is 5.92 Å². The zero-order chi connectivity index (χ0) is 14.1. The third-order valence-electron chi connectivity index (χ3n) is 3.70. The molecule has 6 heteroatoms.